The van der Waals surface area contributed by atoms with Gasteiger partial charge in [-0.05, 0) is 35.7 Å². The van der Waals surface area contributed by atoms with Crippen molar-refractivity contribution in [2.24, 2.45) is 0 Å². The maximum Gasteiger partial charge on any atom is 0.335 e. The molecule has 3 aromatic carbocycles. The Hall–Kier alpha value is -2.91. The zero-order valence-electron chi connectivity index (χ0n) is 13.0. The molecule has 0 saturated heterocycles. The first-order valence-electron chi connectivity index (χ1n) is 7.40. The van der Waals surface area contributed by atoms with Gasteiger partial charge in [0.2, 0.25) is 0 Å². The first kappa shape index (κ1) is 16.6. The van der Waals surface area contributed by atoms with Gasteiger partial charge in [-0.25, -0.2) is 13.2 Å². The van der Waals surface area contributed by atoms with Crippen molar-refractivity contribution < 1.29 is 26.7 Å². The highest BCUT2D eigenvalue weighted by Gasteiger charge is 2.44. The van der Waals surface area contributed by atoms with Crippen LogP contribution in [0, 0.1) is 0 Å². The number of hydrogen-bond acceptors (Lipinski definition) is 5. The van der Waals surface area contributed by atoms with Crippen molar-refractivity contribution in [1.29, 1.82) is 0 Å². The third-order valence-electron chi connectivity index (χ3n) is 4.13. The van der Waals surface area contributed by atoms with Crippen LogP contribution in [0.4, 0.5) is 5.69 Å². The molecule has 9 heteroatoms. The Kier molecular flexibility index (Phi) is 3.37. The molecule has 1 heterocycles. The van der Waals surface area contributed by atoms with Crippen LogP contribution in [0.15, 0.2) is 70.5 Å². The molecule has 0 aliphatic carbocycles. The van der Waals surface area contributed by atoms with Gasteiger partial charge < -0.3 is 5.11 Å². The van der Waals surface area contributed by atoms with E-state index in [9.17, 15) is 21.6 Å². The first-order chi connectivity index (χ1) is 12.2. The van der Waals surface area contributed by atoms with Gasteiger partial charge in [0.15, 0.2) is 0 Å². The smallest absolute Gasteiger partial charge is 0.335 e. The number of carboxylic acid groups (broad SMARTS) is 1. The van der Waals surface area contributed by atoms with Gasteiger partial charge in [-0.3, -0.25) is 0 Å². The number of sulfonamides is 2. The summed E-state index contributed by atoms with van der Waals surface area (Å²) < 4.78 is 52.4. The third-order valence-corrected chi connectivity index (χ3v) is 8.32. The van der Waals surface area contributed by atoms with Gasteiger partial charge in [-0.2, -0.15) is 12.1 Å². The van der Waals surface area contributed by atoms with E-state index in [1.807, 2.05) is 0 Å². The highest BCUT2D eigenvalue weighted by atomic mass is 32.3. The van der Waals surface area contributed by atoms with Crippen molar-refractivity contribution in [3.05, 3.63) is 66.2 Å². The Bertz CT molecular complexity index is 1290. The number of rotatable bonds is 3. The molecular formula is C17H11NO6S2. The van der Waals surface area contributed by atoms with Gasteiger partial charge >= 0.3 is 5.97 Å². The fourth-order valence-electron chi connectivity index (χ4n) is 3.02. The summed E-state index contributed by atoms with van der Waals surface area (Å²) in [5.74, 6) is -1.31. The Morgan fingerprint density at radius 2 is 1.62 bits per heavy atom. The lowest BCUT2D eigenvalue weighted by molar-refractivity contribution is 0.0696. The van der Waals surface area contributed by atoms with Crippen molar-refractivity contribution >= 4 is 42.5 Å². The molecule has 0 atom stereocenters. The summed E-state index contributed by atoms with van der Waals surface area (Å²) in [4.78, 5) is 10.6. The number of carboxylic acids is 1. The molecule has 0 amide bonds. The fourth-order valence-corrected chi connectivity index (χ4v) is 7.00. The fraction of sp³-hybridized carbons (Fsp3) is 0. The molecule has 0 saturated carbocycles. The number of anilines is 1. The molecule has 0 fully saturated rings. The zero-order chi connectivity index (χ0) is 18.7. The summed E-state index contributed by atoms with van der Waals surface area (Å²) in [5, 5.41) is 10.0. The summed E-state index contributed by atoms with van der Waals surface area (Å²) in [7, 11) is -8.87. The molecule has 0 aromatic heterocycles. The highest BCUT2D eigenvalue weighted by Crippen LogP contribution is 2.44. The van der Waals surface area contributed by atoms with Crippen LogP contribution in [-0.4, -0.2) is 27.9 Å². The second-order valence-electron chi connectivity index (χ2n) is 5.67. The van der Waals surface area contributed by atoms with E-state index in [4.69, 9.17) is 5.11 Å². The van der Waals surface area contributed by atoms with E-state index < -0.39 is 30.9 Å². The number of carbonyl (C=O) groups is 1. The Morgan fingerprint density at radius 3 is 2.31 bits per heavy atom. The predicted molar refractivity (Wildman–Crippen MR) is 94.2 cm³/mol. The topological polar surface area (TPSA) is 109 Å². The second-order valence-corrected chi connectivity index (χ2v) is 9.44. The first-order valence-corrected chi connectivity index (χ1v) is 10.3. The Balaban J connectivity index is 2.01. The molecule has 0 unspecified atom stereocenters. The van der Waals surface area contributed by atoms with Crippen molar-refractivity contribution in [2.75, 3.05) is 3.71 Å². The lowest BCUT2D eigenvalue weighted by Crippen LogP contribution is -2.34. The quantitative estimate of drug-likeness (QED) is 0.737. The molecule has 1 aliphatic rings. The largest absolute Gasteiger partial charge is 0.478 e. The zero-order valence-corrected chi connectivity index (χ0v) is 14.7. The van der Waals surface area contributed by atoms with Crippen LogP contribution in [0.1, 0.15) is 10.4 Å². The average Bonchev–Trinajstić information content (AvgIpc) is 2.85. The molecular weight excluding hydrogens is 378 g/mol. The van der Waals surface area contributed by atoms with Gasteiger partial charge in [0.25, 0.3) is 20.0 Å². The molecule has 0 radical (unpaired) electrons. The van der Waals surface area contributed by atoms with Crippen LogP contribution >= 0.6 is 0 Å². The molecule has 4 rings (SSSR count). The van der Waals surface area contributed by atoms with Crippen LogP contribution in [0.2, 0.25) is 0 Å². The van der Waals surface area contributed by atoms with E-state index in [1.54, 1.807) is 24.3 Å². The minimum absolute atomic E-state index is 0.0267. The van der Waals surface area contributed by atoms with Gasteiger partial charge in [-0.1, -0.05) is 30.3 Å². The molecule has 0 spiro atoms. The second kappa shape index (κ2) is 5.29. The monoisotopic (exact) mass is 389 g/mol. The lowest BCUT2D eigenvalue weighted by atomic mass is 10.1. The standard InChI is InChI=1S/C17H11NO6S2/c19-17(20)12-6-1-7-13(10-12)25(21,22)18-14-8-2-4-11-5-3-9-15(16(11)14)26(18,23)24/h1-10H,(H,19,20). The molecule has 132 valence electrons. The van der Waals surface area contributed by atoms with Crippen molar-refractivity contribution in [3.8, 4) is 0 Å². The van der Waals surface area contributed by atoms with Gasteiger partial charge in [0, 0.05) is 5.39 Å². The third kappa shape index (κ3) is 2.14. The summed E-state index contributed by atoms with van der Waals surface area (Å²) >= 11 is 0. The summed E-state index contributed by atoms with van der Waals surface area (Å²) in [6, 6.07) is 13.9. The van der Waals surface area contributed by atoms with Gasteiger partial charge in [-0.15, -0.1) is 0 Å². The van der Waals surface area contributed by atoms with Crippen LogP contribution in [-0.2, 0) is 20.0 Å². The maximum atomic E-state index is 13.1. The van der Waals surface area contributed by atoms with Crippen LogP contribution in [0.3, 0.4) is 0 Å². The van der Waals surface area contributed by atoms with E-state index in [0.717, 1.165) is 6.07 Å². The van der Waals surface area contributed by atoms with Crippen molar-refractivity contribution in [2.45, 2.75) is 9.79 Å². The summed E-state index contributed by atoms with van der Waals surface area (Å²) in [5.41, 5.74) is -0.225. The van der Waals surface area contributed by atoms with E-state index in [1.165, 1.54) is 30.3 Å². The molecule has 1 aliphatic heterocycles. The van der Waals surface area contributed by atoms with Crippen LogP contribution < -0.4 is 3.71 Å². The Labute approximate surface area is 149 Å². The van der Waals surface area contributed by atoms with Crippen molar-refractivity contribution in [3.63, 3.8) is 0 Å². The Morgan fingerprint density at radius 1 is 0.962 bits per heavy atom. The van der Waals surface area contributed by atoms with E-state index in [0.29, 0.717) is 14.5 Å². The number of benzene rings is 3. The number of hydrogen-bond donors (Lipinski definition) is 1. The molecule has 1 N–H and O–H groups in total. The van der Waals surface area contributed by atoms with E-state index in [2.05, 4.69) is 0 Å². The number of nitrogens with zero attached hydrogens (tertiary/aromatic N) is 1. The normalized spacial score (nSPS) is 15.3. The number of aromatic carboxylic acids is 1. The minimum Gasteiger partial charge on any atom is -0.478 e. The van der Waals surface area contributed by atoms with Crippen LogP contribution in [0.5, 0.6) is 0 Å². The molecule has 26 heavy (non-hydrogen) atoms. The maximum absolute atomic E-state index is 13.1. The van der Waals surface area contributed by atoms with E-state index in [-0.39, 0.29) is 16.1 Å². The van der Waals surface area contributed by atoms with Gasteiger partial charge in [0.1, 0.15) is 0 Å². The van der Waals surface area contributed by atoms with Crippen LogP contribution in [0.25, 0.3) is 10.8 Å². The summed E-state index contributed by atoms with van der Waals surface area (Å²) in [6.07, 6.45) is 0. The highest BCUT2D eigenvalue weighted by molar-refractivity contribution is 8.10. The molecule has 3 aromatic rings. The SMILES string of the molecule is O=C(O)c1cccc(S(=O)(=O)N2c3cccc4cccc(c34)S2(=O)=O)c1. The van der Waals surface area contributed by atoms with Crippen molar-refractivity contribution in [1.82, 2.24) is 0 Å². The molecule has 7 nitrogen and oxygen atoms in total. The predicted octanol–water partition coefficient (Wildman–Crippen LogP) is 2.44. The minimum atomic E-state index is -4.53. The van der Waals surface area contributed by atoms with E-state index >= 15 is 0 Å². The lowest BCUT2D eigenvalue weighted by Gasteiger charge is -2.19. The molecule has 0 bridgehead atoms. The average molecular weight is 389 g/mol. The van der Waals surface area contributed by atoms with Gasteiger partial charge in [0.05, 0.1) is 21.0 Å². The summed E-state index contributed by atoms with van der Waals surface area (Å²) in [6.45, 7) is 0.